The van der Waals surface area contributed by atoms with Crippen LogP contribution in [0.2, 0.25) is 0 Å². The lowest BCUT2D eigenvalue weighted by atomic mass is 10.0. The Kier molecular flexibility index (Phi) is 6.80. The molecule has 3 heterocycles. The molecule has 1 aliphatic heterocycles. The number of alkyl halides is 3. The van der Waals surface area contributed by atoms with Gasteiger partial charge in [-0.25, -0.2) is 14.8 Å². The van der Waals surface area contributed by atoms with Crippen LogP contribution in [-0.4, -0.2) is 55.7 Å². The molecule has 2 aromatic rings. The molecule has 1 amide bonds. The number of aryl methyl sites for hydroxylation is 1. The summed E-state index contributed by atoms with van der Waals surface area (Å²) in [6.45, 7) is 4.90. The molecule has 33 heavy (non-hydrogen) atoms. The largest absolute Gasteiger partial charge is 0.444 e. The van der Waals surface area contributed by atoms with Crippen LogP contribution < -0.4 is 0 Å². The van der Waals surface area contributed by atoms with Crippen LogP contribution >= 0.6 is 0 Å². The first-order valence-corrected chi connectivity index (χ1v) is 10.2. The van der Waals surface area contributed by atoms with E-state index in [4.69, 9.17) is 4.74 Å². The van der Waals surface area contributed by atoms with Crippen LogP contribution in [0.3, 0.4) is 0 Å². The van der Waals surface area contributed by atoms with Crippen LogP contribution in [0.15, 0.2) is 30.7 Å². The Hall–Kier alpha value is -3.37. The molecule has 0 saturated carbocycles. The number of pyridine rings is 1. The summed E-state index contributed by atoms with van der Waals surface area (Å²) in [5, 5.41) is 0. The molecule has 0 radical (unpaired) electrons. The van der Waals surface area contributed by atoms with E-state index in [2.05, 4.69) is 15.0 Å². The number of carbonyl (C=O) groups excluding carboxylic acids is 3. The van der Waals surface area contributed by atoms with E-state index >= 15 is 0 Å². The molecule has 0 N–H and O–H groups in total. The van der Waals surface area contributed by atoms with Crippen molar-refractivity contribution in [2.24, 2.45) is 0 Å². The van der Waals surface area contributed by atoms with Gasteiger partial charge >= 0.3 is 12.3 Å². The van der Waals surface area contributed by atoms with Crippen molar-refractivity contribution in [2.75, 3.05) is 6.54 Å². The second-order valence-corrected chi connectivity index (χ2v) is 8.66. The van der Waals surface area contributed by atoms with Gasteiger partial charge in [0.15, 0.2) is 11.6 Å². The number of hydrogen-bond donors (Lipinski definition) is 0. The van der Waals surface area contributed by atoms with Crippen LogP contribution in [0.1, 0.15) is 45.0 Å². The van der Waals surface area contributed by atoms with Crippen molar-refractivity contribution in [1.82, 2.24) is 19.9 Å². The normalized spacial score (nSPS) is 16.7. The van der Waals surface area contributed by atoms with Crippen molar-refractivity contribution in [2.45, 2.75) is 57.9 Å². The summed E-state index contributed by atoms with van der Waals surface area (Å²) in [6, 6.07) is 2.79. The molecular weight excluding hydrogens is 441 g/mol. The second kappa shape index (κ2) is 9.24. The van der Waals surface area contributed by atoms with Crippen molar-refractivity contribution in [3.8, 4) is 11.3 Å². The van der Waals surface area contributed by atoms with E-state index in [0.29, 0.717) is 17.0 Å². The first-order chi connectivity index (χ1) is 15.3. The van der Waals surface area contributed by atoms with Gasteiger partial charge in [0.1, 0.15) is 23.7 Å². The maximum absolute atomic E-state index is 12.8. The lowest BCUT2D eigenvalue weighted by molar-refractivity contribution is -0.141. The zero-order chi connectivity index (χ0) is 24.4. The third-order valence-electron chi connectivity index (χ3n) is 4.84. The highest BCUT2D eigenvalue weighted by molar-refractivity contribution is 5.98. The highest BCUT2D eigenvalue weighted by Gasteiger charge is 2.40. The van der Waals surface area contributed by atoms with E-state index < -0.39 is 29.6 Å². The van der Waals surface area contributed by atoms with Gasteiger partial charge in [-0.05, 0) is 45.4 Å². The van der Waals surface area contributed by atoms with Gasteiger partial charge < -0.3 is 4.74 Å². The third-order valence-corrected chi connectivity index (χ3v) is 4.84. The highest BCUT2D eigenvalue weighted by atomic mass is 19.4. The fourth-order valence-electron chi connectivity index (χ4n) is 3.31. The quantitative estimate of drug-likeness (QED) is 0.666. The molecule has 0 spiro atoms. The van der Waals surface area contributed by atoms with Gasteiger partial charge in [-0.3, -0.25) is 19.5 Å². The maximum Gasteiger partial charge on any atom is 0.433 e. The third kappa shape index (κ3) is 6.33. The minimum Gasteiger partial charge on any atom is -0.444 e. The summed E-state index contributed by atoms with van der Waals surface area (Å²) >= 11 is 0. The molecule has 11 heteroatoms. The van der Waals surface area contributed by atoms with Gasteiger partial charge in [0.2, 0.25) is 0 Å². The summed E-state index contributed by atoms with van der Waals surface area (Å²) in [5.74, 6) is -0.526. The predicted molar refractivity (Wildman–Crippen MR) is 110 cm³/mol. The van der Waals surface area contributed by atoms with Gasteiger partial charge in [-0.15, -0.1) is 0 Å². The number of Topliss-reactive ketones (excluding diaryl/α,β-unsaturated/α-hetero) is 2. The van der Waals surface area contributed by atoms with E-state index in [-0.39, 0.29) is 37.4 Å². The molecule has 1 aliphatic rings. The molecule has 0 aromatic carbocycles. The van der Waals surface area contributed by atoms with Crippen molar-refractivity contribution >= 4 is 17.7 Å². The first-order valence-electron chi connectivity index (χ1n) is 10.2. The molecular formula is C22H23F3N4O4. The van der Waals surface area contributed by atoms with Crippen molar-refractivity contribution in [1.29, 1.82) is 0 Å². The fourth-order valence-corrected chi connectivity index (χ4v) is 3.31. The number of carbonyl (C=O) groups is 3. The highest BCUT2D eigenvalue weighted by Crippen LogP contribution is 2.28. The molecule has 0 aliphatic carbocycles. The number of hydrogen-bond acceptors (Lipinski definition) is 7. The fraction of sp³-hybridized carbons (Fsp3) is 0.455. The minimum atomic E-state index is -4.54. The molecule has 0 bridgehead atoms. The number of rotatable bonds is 5. The van der Waals surface area contributed by atoms with Gasteiger partial charge in [-0.2, -0.15) is 13.2 Å². The number of aromatic nitrogens is 3. The standard InChI is InChI=1S/C22H23F3N4O4/c1-21(2,3)33-20(32)29-11-15(30)9-17(29)18(31)6-5-14-8-16(28-12-27-14)13-4-7-19(26-10-13)22(23,24)25/h4,7-8,10,12,17H,5-6,9,11H2,1-3H3/t17-/m0/s1. The number of halogens is 3. The zero-order valence-corrected chi connectivity index (χ0v) is 18.3. The van der Waals surface area contributed by atoms with E-state index in [1.165, 1.54) is 12.4 Å². The van der Waals surface area contributed by atoms with Gasteiger partial charge in [0.25, 0.3) is 0 Å². The van der Waals surface area contributed by atoms with Crippen molar-refractivity contribution in [3.05, 3.63) is 42.1 Å². The molecule has 176 valence electrons. The van der Waals surface area contributed by atoms with E-state index in [1.54, 1.807) is 26.8 Å². The molecule has 1 saturated heterocycles. The minimum absolute atomic E-state index is 0.0129. The number of ketones is 2. The molecule has 0 unspecified atom stereocenters. The molecule has 2 aromatic heterocycles. The van der Waals surface area contributed by atoms with Gasteiger partial charge in [-0.1, -0.05) is 0 Å². The Morgan fingerprint density at radius 3 is 2.48 bits per heavy atom. The van der Waals surface area contributed by atoms with Crippen LogP contribution in [-0.2, 0) is 26.9 Å². The lowest BCUT2D eigenvalue weighted by Gasteiger charge is -2.27. The molecule has 8 nitrogen and oxygen atoms in total. The van der Waals surface area contributed by atoms with Crippen molar-refractivity contribution in [3.63, 3.8) is 0 Å². The Labute approximate surface area is 188 Å². The summed E-state index contributed by atoms with van der Waals surface area (Å²) in [4.78, 5) is 49.8. The first kappa shape index (κ1) is 24.3. The molecule has 1 fully saturated rings. The summed E-state index contributed by atoms with van der Waals surface area (Å²) in [6.07, 6.45) is -2.78. The smallest absolute Gasteiger partial charge is 0.433 e. The van der Waals surface area contributed by atoms with E-state index in [1.807, 2.05) is 0 Å². The average Bonchev–Trinajstić information content (AvgIpc) is 3.12. The zero-order valence-electron chi connectivity index (χ0n) is 18.3. The topological polar surface area (TPSA) is 102 Å². The monoisotopic (exact) mass is 464 g/mol. The second-order valence-electron chi connectivity index (χ2n) is 8.66. The maximum atomic E-state index is 12.8. The van der Waals surface area contributed by atoms with Gasteiger partial charge in [0, 0.05) is 30.3 Å². The Morgan fingerprint density at radius 2 is 1.88 bits per heavy atom. The SMILES string of the molecule is CC(C)(C)OC(=O)N1CC(=O)C[C@H]1C(=O)CCc1cc(-c2ccc(C(F)(F)F)nc2)ncn1. The number of nitrogens with zero attached hydrogens (tertiary/aromatic N) is 4. The van der Waals surface area contributed by atoms with Crippen LogP contribution in [0, 0.1) is 0 Å². The van der Waals surface area contributed by atoms with E-state index in [9.17, 15) is 27.6 Å². The summed E-state index contributed by atoms with van der Waals surface area (Å²) in [7, 11) is 0. The molecule has 1 atom stereocenters. The summed E-state index contributed by atoms with van der Waals surface area (Å²) in [5.41, 5.74) is -0.551. The average molecular weight is 464 g/mol. The lowest BCUT2D eigenvalue weighted by Crippen LogP contribution is -2.43. The Morgan fingerprint density at radius 1 is 1.15 bits per heavy atom. The predicted octanol–water partition coefficient (Wildman–Crippen LogP) is 3.64. The number of likely N-dealkylation sites (tertiary alicyclic amines) is 1. The number of amides is 1. The van der Waals surface area contributed by atoms with Crippen LogP contribution in [0.5, 0.6) is 0 Å². The Balaban J connectivity index is 1.66. The summed E-state index contributed by atoms with van der Waals surface area (Å²) < 4.78 is 43.4. The van der Waals surface area contributed by atoms with Crippen LogP contribution in [0.25, 0.3) is 11.3 Å². The number of ether oxygens (including phenoxy) is 1. The van der Waals surface area contributed by atoms with Crippen LogP contribution in [0.4, 0.5) is 18.0 Å². The van der Waals surface area contributed by atoms with Crippen molar-refractivity contribution < 1.29 is 32.3 Å². The van der Waals surface area contributed by atoms with E-state index in [0.717, 1.165) is 17.2 Å². The Bertz CT molecular complexity index is 1050. The van der Waals surface area contributed by atoms with Gasteiger partial charge in [0.05, 0.1) is 12.2 Å². The molecule has 3 rings (SSSR count).